The third-order valence-electron chi connectivity index (χ3n) is 2.84. The molecule has 2 N–H and O–H groups in total. The van der Waals surface area contributed by atoms with Gasteiger partial charge in [-0.25, -0.2) is 0 Å². The first-order valence-corrected chi connectivity index (χ1v) is 6.27. The molecular formula is C15H21N3. The van der Waals surface area contributed by atoms with Crippen molar-refractivity contribution in [2.45, 2.75) is 40.2 Å². The van der Waals surface area contributed by atoms with E-state index in [0.29, 0.717) is 0 Å². The summed E-state index contributed by atoms with van der Waals surface area (Å²) in [4.78, 5) is 0. The molecule has 3 heteroatoms. The Morgan fingerprint density at radius 3 is 2.22 bits per heavy atom. The zero-order chi connectivity index (χ0) is 13.3. The van der Waals surface area contributed by atoms with Crippen molar-refractivity contribution in [2.75, 3.05) is 5.32 Å². The van der Waals surface area contributed by atoms with Crippen molar-refractivity contribution in [3.8, 4) is 11.3 Å². The summed E-state index contributed by atoms with van der Waals surface area (Å²) in [6.45, 7) is 10.6. The Kier molecular flexibility index (Phi) is 3.16. The Balaban J connectivity index is 2.33. The maximum atomic E-state index is 4.36. The summed E-state index contributed by atoms with van der Waals surface area (Å²) in [5, 5.41) is 10.9. The Morgan fingerprint density at radius 1 is 1.06 bits per heavy atom. The topological polar surface area (TPSA) is 40.7 Å². The van der Waals surface area contributed by atoms with Gasteiger partial charge in [0.25, 0.3) is 0 Å². The molecule has 1 heterocycles. The van der Waals surface area contributed by atoms with Crippen molar-refractivity contribution in [3.05, 3.63) is 35.4 Å². The van der Waals surface area contributed by atoms with E-state index < -0.39 is 0 Å². The number of nitrogens with one attached hydrogen (secondary N) is 2. The molecule has 0 aliphatic carbocycles. The molecule has 18 heavy (non-hydrogen) atoms. The molecule has 96 valence electrons. The number of rotatable bonds is 2. The molecule has 3 nitrogen and oxygen atoms in total. The summed E-state index contributed by atoms with van der Waals surface area (Å²) in [5.74, 6) is 0.929. The third kappa shape index (κ3) is 2.73. The Morgan fingerprint density at radius 2 is 1.67 bits per heavy atom. The fraction of sp³-hybridized carbons (Fsp3) is 0.400. The maximum Gasteiger partial charge on any atom is 0.151 e. The number of hydrogen-bond acceptors (Lipinski definition) is 2. The van der Waals surface area contributed by atoms with Crippen LogP contribution in [-0.4, -0.2) is 15.7 Å². The van der Waals surface area contributed by atoms with Crippen LogP contribution in [0.4, 0.5) is 5.82 Å². The van der Waals surface area contributed by atoms with Gasteiger partial charge >= 0.3 is 0 Å². The van der Waals surface area contributed by atoms with Gasteiger partial charge in [0, 0.05) is 11.1 Å². The quantitative estimate of drug-likeness (QED) is 0.839. The van der Waals surface area contributed by atoms with Crippen molar-refractivity contribution in [2.24, 2.45) is 0 Å². The largest absolute Gasteiger partial charge is 0.364 e. The van der Waals surface area contributed by atoms with Gasteiger partial charge in [-0.15, -0.1) is 0 Å². The average molecular weight is 243 g/mol. The lowest BCUT2D eigenvalue weighted by molar-refractivity contribution is 0.629. The van der Waals surface area contributed by atoms with E-state index in [0.717, 1.165) is 17.1 Å². The lowest BCUT2D eigenvalue weighted by atomic mass is 10.1. The summed E-state index contributed by atoms with van der Waals surface area (Å²) in [6.07, 6.45) is 0. The normalized spacial score (nSPS) is 11.6. The maximum absolute atomic E-state index is 4.36. The highest BCUT2D eigenvalue weighted by Gasteiger charge is 2.16. The predicted molar refractivity (Wildman–Crippen MR) is 76.9 cm³/mol. The molecule has 1 aromatic heterocycles. The van der Waals surface area contributed by atoms with E-state index >= 15 is 0 Å². The van der Waals surface area contributed by atoms with E-state index in [1.165, 1.54) is 11.1 Å². The molecule has 0 aliphatic heterocycles. The molecule has 0 bridgehead atoms. The highest BCUT2D eigenvalue weighted by atomic mass is 15.2. The molecule has 1 aromatic carbocycles. The van der Waals surface area contributed by atoms with Gasteiger partial charge in [0.15, 0.2) is 5.82 Å². The van der Waals surface area contributed by atoms with E-state index in [1.807, 2.05) is 0 Å². The van der Waals surface area contributed by atoms with Gasteiger partial charge in [0.05, 0.1) is 5.69 Å². The first-order valence-electron chi connectivity index (χ1n) is 6.27. The summed E-state index contributed by atoms with van der Waals surface area (Å²) in [5.41, 5.74) is 4.71. The molecule has 0 fully saturated rings. The molecule has 2 rings (SSSR count). The van der Waals surface area contributed by atoms with Crippen LogP contribution in [0.5, 0.6) is 0 Å². The summed E-state index contributed by atoms with van der Waals surface area (Å²) < 4.78 is 0. The van der Waals surface area contributed by atoms with Crippen molar-refractivity contribution in [3.63, 3.8) is 0 Å². The summed E-state index contributed by atoms with van der Waals surface area (Å²) >= 11 is 0. The molecular weight excluding hydrogens is 222 g/mol. The fourth-order valence-corrected chi connectivity index (χ4v) is 1.88. The average Bonchev–Trinajstić information content (AvgIpc) is 2.60. The van der Waals surface area contributed by atoms with E-state index in [2.05, 4.69) is 74.4 Å². The van der Waals surface area contributed by atoms with Crippen LogP contribution in [0.25, 0.3) is 11.3 Å². The van der Waals surface area contributed by atoms with Crippen LogP contribution in [0.2, 0.25) is 0 Å². The Bertz CT molecular complexity index is 530. The summed E-state index contributed by atoms with van der Waals surface area (Å²) in [7, 11) is 0. The highest BCUT2D eigenvalue weighted by molar-refractivity contribution is 5.68. The van der Waals surface area contributed by atoms with Crippen LogP contribution in [0.15, 0.2) is 24.3 Å². The van der Waals surface area contributed by atoms with E-state index in [1.54, 1.807) is 0 Å². The minimum absolute atomic E-state index is 0.0184. The van der Waals surface area contributed by atoms with Gasteiger partial charge in [0.2, 0.25) is 0 Å². The monoisotopic (exact) mass is 243 g/mol. The lowest BCUT2D eigenvalue weighted by Crippen LogP contribution is -2.26. The first kappa shape index (κ1) is 12.7. The molecule has 0 unspecified atom stereocenters. The van der Waals surface area contributed by atoms with Crippen LogP contribution in [0.1, 0.15) is 31.9 Å². The van der Waals surface area contributed by atoms with Gasteiger partial charge in [-0.05, 0) is 40.2 Å². The van der Waals surface area contributed by atoms with Crippen LogP contribution >= 0.6 is 0 Å². The summed E-state index contributed by atoms with van der Waals surface area (Å²) in [6, 6.07) is 8.48. The number of aromatic amines is 1. The number of benzene rings is 1. The highest BCUT2D eigenvalue weighted by Crippen LogP contribution is 2.27. The van der Waals surface area contributed by atoms with Crippen LogP contribution < -0.4 is 5.32 Å². The number of hydrogen-bond donors (Lipinski definition) is 2. The number of aryl methyl sites for hydroxylation is 1. The third-order valence-corrected chi connectivity index (χ3v) is 2.84. The van der Waals surface area contributed by atoms with Crippen LogP contribution in [0, 0.1) is 13.8 Å². The SMILES string of the molecule is Cc1ccc(-c2[nH]nc(NC(C)(C)C)c2C)cc1. The molecule has 0 spiro atoms. The van der Waals surface area contributed by atoms with Gasteiger partial charge < -0.3 is 5.32 Å². The number of H-pyrrole nitrogens is 1. The van der Waals surface area contributed by atoms with Crippen LogP contribution in [0.3, 0.4) is 0 Å². The van der Waals surface area contributed by atoms with E-state index in [-0.39, 0.29) is 5.54 Å². The Hall–Kier alpha value is -1.77. The van der Waals surface area contributed by atoms with Crippen molar-refractivity contribution in [1.82, 2.24) is 10.2 Å². The molecule has 0 amide bonds. The molecule has 0 radical (unpaired) electrons. The molecule has 0 saturated carbocycles. The molecule has 0 saturated heterocycles. The van der Waals surface area contributed by atoms with E-state index in [9.17, 15) is 0 Å². The molecule has 0 atom stereocenters. The van der Waals surface area contributed by atoms with Gasteiger partial charge in [0.1, 0.15) is 0 Å². The zero-order valence-electron chi connectivity index (χ0n) is 11.8. The molecule has 0 aliphatic rings. The van der Waals surface area contributed by atoms with Crippen LogP contribution in [-0.2, 0) is 0 Å². The number of nitrogens with zero attached hydrogens (tertiary/aromatic N) is 1. The van der Waals surface area contributed by atoms with Crippen molar-refractivity contribution < 1.29 is 0 Å². The second-order valence-corrected chi connectivity index (χ2v) is 5.81. The first-order chi connectivity index (χ1) is 8.37. The number of anilines is 1. The second-order valence-electron chi connectivity index (χ2n) is 5.81. The minimum atomic E-state index is 0.0184. The van der Waals surface area contributed by atoms with Gasteiger partial charge in [-0.3, -0.25) is 5.10 Å². The van der Waals surface area contributed by atoms with E-state index in [4.69, 9.17) is 0 Å². The lowest BCUT2D eigenvalue weighted by Gasteiger charge is -2.20. The van der Waals surface area contributed by atoms with Crippen molar-refractivity contribution >= 4 is 5.82 Å². The second kappa shape index (κ2) is 4.48. The predicted octanol–water partition coefficient (Wildman–Crippen LogP) is 3.90. The van der Waals surface area contributed by atoms with Gasteiger partial charge in [-0.2, -0.15) is 5.10 Å². The minimum Gasteiger partial charge on any atom is -0.364 e. The molecule has 2 aromatic rings. The van der Waals surface area contributed by atoms with Gasteiger partial charge in [-0.1, -0.05) is 29.8 Å². The zero-order valence-corrected chi connectivity index (χ0v) is 11.8. The smallest absolute Gasteiger partial charge is 0.151 e. The van der Waals surface area contributed by atoms with Crippen molar-refractivity contribution in [1.29, 1.82) is 0 Å². The standard InChI is InChI=1S/C15H21N3/c1-10-6-8-12(9-7-10)13-11(2)14(18-17-13)16-15(3,4)5/h6-9H,1-5H3,(H2,16,17,18). The fourth-order valence-electron chi connectivity index (χ4n) is 1.88. The Labute approximate surface area is 109 Å². The number of aromatic nitrogens is 2.